The molecule has 1 aliphatic rings. The normalized spacial score (nSPS) is 24.9. The number of nitrogens with one attached hydrogen (secondary N) is 1. The van der Waals surface area contributed by atoms with E-state index in [0.717, 1.165) is 6.54 Å². The minimum Gasteiger partial charge on any atom is -0.371 e. The predicted molar refractivity (Wildman–Crippen MR) is 68.6 cm³/mol. The molecule has 0 aromatic heterocycles. The van der Waals surface area contributed by atoms with Crippen molar-refractivity contribution >= 4 is 5.91 Å². The Morgan fingerprint density at radius 2 is 2.00 bits per heavy atom. The van der Waals surface area contributed by atoms with Crippen LogP contribution in [0.5, 0.6) is 0 Å². The summed E-state index contributed by atoms with van der Waals surface area (Å²) in [7, 11) is 0. The molecule has 0 spiro atoms. The lowest BCUT2D eigenvalue weighted by Crippen LogP contribution is -2.42. The number of carbonyl (C=O) groups excluding carboxylic acids is 1. The van der Waals surface area contributed by atoms with Crippen molar-refractivity contribution in [2.45, 2.75) is 45.6 Å². The van der Waals surface area contributed by atoms with E-state index in [1.807, 2.05) is 20.8 Å². The average Bonchev–Trinajstić information content (AvgIpc) is 2.62. The Morgan fingerprint density at radius 3 is 2.59 bits per heavy atom. The molecule has 0 aliphatic heterocycles. The molecule has 0 heterocycles. The lowest BCUT2D eigenvalue weighted by molar-refractivity contribution is -0.127. The Hall–Kier alpha value is -0.610. The highest BCUT2D eigenvalue weighted by Gasteiger charge is 2.26. The van der Waals surface area contributed by atoms with Gasteiger partial charge >= 0.3 is 0 Å². The second kappa shape index (κ2) is 6.36. The standard InChI is InChI=1S/C13H26N2O2/c1-13(2,3)15-12(16)9-17-8-11-6-4-5-10(11)7-14/h10-11H,4-9,14H2,1-3H3,(H,15,16). The zero-order chi connectivity index (χ0) is 12.9. The molecular formula is C13H26N2O2. The first-order chi connectivity index (χ1) is 7.92. The van der Waals surface area contributed by atoms with Crippen LogP contribution < -0.4 is 11.1 Å². The van der Waals surface area contributed by atoms with Gasteiger partial charge in [0.2, 0.25) is 5.91 Å². The molecule has 1 amide bonds. The van der Waals surface area contributed by atoms with Crippen LogP contribution >= 0.6 is 0 Å². The van der Waals surface area contributed by atoms with E-state index in [2.05, 4.69) is 5.32 Å². The summed E-state index contributed by atoms with van der Waals surface area (Å²) >= 11 is 0. The number of hydrogen-bond acceptors (Lipinski definition) is 3. The third-order valence-corrected chi connectivity index (χ3v) is 3.20. The SMILES string of the molecule is CC(C)(C)NC(=O)COCC1CCCC1CN. The number of rotatable bonds is 5. The van der Waals surface area contributed by atoms with Gasteiger partial charge in [0.25, 0.3) is 0 Å². The van der Waals surface area contributed by atoms with Gasteiger partial charge in [-0.25, -0.2) is 0 Å². The monoisotopic (exact) mass is 242 g/mol. The molecule has 100 valence electrons. The quantitative estimate of drug-likeness (QED) is 0.763. The highest BCUT2D eigenvalue weighted by Crippen LogP contribution is 2.30. The van der Waals surface area contributed by atoms with Gasteiger partial charge in [-0.1, -0.05) is 6.42 Å². The number of amides is 1. The van der Waals surface area contributed by atoms with E-state index in [-0.39, 0.29) is 18.1 Å². The van der Waals surface area contributed by atoms with Crippen molar-refractivity contribution in [3.05, 3.63) is 0 Å². The second-order valence-electron chi connectivity index (χ2n) is 6.00. The van der Waals surface area contributed by atoms with E-state index in [1.165, 1.54) is 19.3 Å². The zero-order valence-corrected chi connectivity index (χ0v) is 11.3. The van der Waals surface area contributed by atoms with Crippen LogP contribution in [0.25, 0.3) is 0 Å². The van der Waals surface area contributed by atoms with Gasteiger partial charge < -0.3 is 15.8 Å². The van der Waals surface area contributed by atoms with Gasteiger partial charge in [-0.2, -0.15) is 0 Å². The number of ether oxygens (including phenoxy) is 1. The van der Waals surface area contributed by atoms with Crippen molar-refractivity contribution in [3.63, 3.8) is 0 Å². The van der Waals surface area contributed by atoms with Crippen LogP contribution in [0, 0.1) is 11.8 Å². The molecule has 2 atom stereocenters. The lowest BCUT2D eigenvalue weighted by atomic mass is 9.97. The summed E-state index contributed by atoms with van der Waals surface area (Å²) in [5.41, 5.74) is 5.52. The molecule has 4 heteroatoms. The molecule has 1 saturated carbocycles. The van der Waals surface area contributed by atoms with E-state index < -0.39 is 0 Å². The minimum atomic E-state index is -0.187. The third-order valence-electron chi connectivity index (χ3n) is 3.20. The van der Waals surface area contributed by atoms with Crippen LogP contribution in [0.15, 0.2) is 0 Å². The van der Waals surface area contributed by atoms with Crippen molar-refractivity contribution in [2.75, 3.05) is 19.8 Å². The predicted octanol–water partition coefficient (Wildman–Crippen LogP) is 1.29. The maximum atomic E-state index is 11.5. The van der Waals surface area contributed by atoms with E-state index in [4.69, 9.17) is 10.5 Å². The fourth-order valence-corrected chi connectivity index (χ4v) is 2.40. The van der Waals surface area contributed by atoms with Gasteiger partial charge in [-0.15, -0.1) is 0 Å². The molecule has 0 aromatic rings. The Bertz CT molecular complexity index is 248. The minimum absolute atomic E-state index is 0.0419. The van der Waals surface area contributed by atoms with Crippen LogP contribution in [-0.4, -0.2) is 31.2 Å². The summed E-state index contributed by atoms with van der Waals surface area (Å²) in [4.78, 5) is 11.5. The molecule has 1 rings (SSSR count). The van der Waals surface area contributed by atoms with Gasteiger partial charge in [0.1, 0.15) is 6.61 Å². The Morgan fingerprint density at radius 1 is 1.35 bits per heavy atom. The summed E-state index contributed by atoms with van der Waals surface area (Å²) in [6.07, 6.45) is 3.63. The maximum absolute atomic E-state index is 11.5. The molecule has 0 aromatic carbocycles. The molecule has 4 nitrogen and oxygen atoms in total. The van der Waals surface area contributed by atoms with E-state index >= 15 is 0 Å². The molecule has 1 aliphatic carbocycles. The highest BCUT2D eigenvalue weighted by atomic mass is 16.5. The fraction of sp³-hybridized carbons (Fsp3) is 0.923. The Labute approximate surface area is 104 Å². The average molecular weight is 242 g/mol. The van der Waals surface area contributed by atoms with Crippen LogP contribution in [0.4, 0.5) is 0 Å². The highest BCUT2D eigenvalue weighted by molar-refractivity contribution is 5.77. The van der Waals surface area contributed by atoms with Gasteiger partial charge in [-0.3, -0.25) is 4.79 Å². The first-order valence-corrected chi connectivity index (χ1v) is 6.51. The zero-order valence-electron chi connectivity index (χ0n) is 11.3. The third kappa shape index (κ3) is 5.50. The lowest BCUT2D eigenvalue weighted by Gasteiger charge is -2.21. The van der Waals surface area contributed by atoms with Crippen LogP contribution in [0.1, 0.15) is 40.0 Å². The topological polar surface area (TPSA) is 64.3 Å². The fourth-order valence-electron chi connectivity index (χ4n) is 2.40. The molecule has 1 fully saturated rings. The van der Waals surface area contributed by atoms with Gasteiger partial charge in [0.05, 0.1) is 6.61 Å². The van der Waals surface area contributed by atoms with Crippen molar-refractivity contribution in [1.29, 1.82) is 0 Å². The van der Waals surface area contributed by atoms with Crippen molar-refractivity contribution in [3.8, 4) is 0 Å². The van der Waals surface area contributed by atoms with Gasteiger partial charge in [-0.05, 0) is 52.0 Å². The summed E-state index contributed by atoms with van der Waals surface area (Å²) in [6, 6.07) is 0. The number of nitrogens with two attached hydrogens (primary N) is 1. The smallest absolute Gasteiger partial charge is 0.246 e. The largest absolute Gasteiger partial charge is 0.371 e. The molecule has 2 unspecified atom stereocenters. The molecule has 3 N–H and O–H groups in total. The molecule has 0 bridgehead atoms. The Balaban J connectivity index is 2.17. The molecule has 17 heavy (non-hydrogen) atoms. The summed E-state index contributed by atoms with van der Waals surface area (Å²) < 4.78 is 5.49. The summed E-state index contributed by atoms with van der Waals surface area (Å²) in [6.45, 7) is 7.46. The first kappa shape index (κ1) is 14.5. The van der Waals surface area contributed by atoms with Crippen LogP contribution in [0.3, 0.4) is 0 Å². The second-order valence-corrected chi connectivity index (χ2v) is 6.00. The van der Waals surface area contributed by atoms with E-state index in [1.54, 1.807) is 0 Å². The molecule has 0 saturated heterocycles. The van der Waals surface area contributed by atoms with Crippen molar-refractivity contribution < 1.29 is 9.53 Å². The van der Waals surface area contributed by atoms with Crippen molar-refractivity contribution in [1.82, 2.24) is 5.32 Å². The number of hydrogen-bond donors (Lipinski definition) is 2. The van der Waals surface area contributed by atoms with E-state index in [9.17, 15) is 4.79 Å². The molecular weight excluding hydrogens is 216 g/mol. The van der Waals surface area contributed by atoms with Gasteiger partial charge in [0, 0.05) is 5.54 Å². The summed E-state index contributed by atoms with van der Waals surface area (Å²) in [5, 5.41) is 2.88. The Kier molecular flexibility index (Phi) is 5.40. The number of carbonyl (C=O) groups is 1. The van der Waals surface area contributed by atoms with Gasteiger partial charge in [0.15, 0.2) is 0 Å². The van der Waals surface area contributed by atoms with Crippen LogP contribution in [0.2, 0.25) is 0 Å². The maximum Gasteiger partial charge on any atom is 0.246 e. The molecule has 0 radical (unpaired) electrons. The van der Waals surface area contributed by atoms with Crippen molar-refractivity contribution in [2.24, 2.45) is 17.6 Å². The van der Waals surface area contributed by atoms with Crippen LogP contribution in [-0.2, 0) is 9.53 Å². The first-order valence-electron chi connectivity index (χ1n) is 6.51. The summed E-state index contributed by atoms with van der Waals surface area (Å²) in [5.74, 6) is 1.09. The van der Waals surface area contributed by atoms with E-state index in [0.29, 0.717) is 18.4 Å².